The summed E-state index contributed by atoms with van der Waals surface area (Å²) >= 11 is 0. The second kappa shape index (κ2) is 7.89. The highest BCUT2D eigenvalue weighted by molar-refractivity contribution is 6.03. The summed E-state index contributed by atoms with van der Waals surface area (Å²) in [7, 11) is 1.42. The topological polar surface area (TPSA) is 102 Å². The van der Waals surface area contributed by atoms with Crippen molar-refractivity contribution in [2.45, 2.75) is 0 Å². The van der Waals surface area contributed by atoms with Crippen LogP contribution in [0, 0.1) is 11.3 Å². The summed E-state index contributed by atoms with van der Waals surface area (Å²) in [6.45, 7) is 0. The Morgan fingerprint density at radius 3 is 2.63 bits per heavy atom. The quantitative estimate of drug-likeness (QED) is 0.549. The van der Waals surface area contributed by atoms with Crippen LogP contribution in [0.25, 0.3) is 0 Å². The van der Waals surface area contributed by atoms with Crippen molar-refractivity contribution in [3.8, 4) is 17.6 Å². The van der Waals surface area contributed by atoms with E-state index >= 15 is 0 Å². The van der Waals surface area contributed by atoms with E-state index < -0.39 is 11.9 Å². The molecule has 3 rings (SSSR count). The van der Waals surface area contributed by atoms with Gasteiger partial charge in [0.1, 0.15) is 0 Å². The van der Waals surface area contributed by atoms with E-state index in [1.165, 1.54) is 43.7 Å². The molecule has 1 N–H and O–H groups in total. The number of amides is 1. The minimum atomic E-state index is -0.632. The fraction of sp³-hybridized carbons (Fsp3) is 0.0500. The molecule has 3 aromatic rings. The SMILES string of the molecule is COc1cc(C#N)ccc1OC(=O)c1cccc(NC(=O)c2ccco2)c1. The average molecular weight is 362 g/mol. The van der Waals surface area contributed by atoms with Crippen molar-refractivity contribution in [3.63, 3.8) is 0 Å². The van der Waals surface area contributed by atoms with Crippen molar-refractivity contribution in [2.75, 3.05) is 12.4 Å². The fourth-order valence-corrected chi connectivity index (χ4v) is 2.30. The highest BCUT2D eigenvalue weighted by atomic mass is 16.6. The first-order chi connectivity index (χ1) is 13.1. The minimum absolute atomic E-state index is 0.158. The Kier molecular flexibility index (Phi) is 5.19. The monoisotopic (exact) mass is 362 g/mol. The van der Waals surface area contributed by atoms with Crippen molar-refractivity contribution < 1.29 is 23.5 Å². The molecule has 0 fully saturated rings. The van der Waals surface area contributed by atoms with Gasteiger partial charge in [-0.25, -0.2) is 4.79 Å². The van der Waals surface area contributed by atoms with Gasteiger partial charge in [-0.05, 0) is 42.5 Å². The van der Waals surface area contributed by atoms with Gasteiger partial charge in [-0.1, -0.05) is 6.07 Å². The van der Waals surface area contributed by atoms with Crippen LogP contribution in [0.2, 0.25) is 0 Å². The molecule has 0 radical (unpaired) electrons. The van der Waals surface area contributed by atoms with Crippen molar-refractivity contribution in [1.82, 2.24) is 0 Å². The van der Waals surface area contributed by atoms with E-state index in [2.05, 4.69) is 5.32 Å². The number of ether oxygens (including phenoxy) is 2. The molecule has 1 heterocycles. The molecule has 1 amide bonds. The molecule has 1 aromatic heterocycles. The van der Waals surface area contributed by atoms with Gasteiger partial charge in [0.15, 0.2) is 17.3 Å². The second-order valence-electron chi connectivity index (χ2n) is 5.38. The number of benzene rings is 2. The number of furan rings is 1. The number of carbonyl (C=O) groups is 2. The fourth-order valence-electron chi connectivity index (χ4n) is 2.30. The molecular formula is C20H14N2O5. The predicted molar refractivity (Wildman–Crippen MR) is 95.8 cm³/mol. The van der Waals surface area contributed by atoms with Crippen molar-refractivity contribution >= 4 is 17.6 Å². The predicted octanol–water partition coefficient (Wildman–Crippen LogP) is 3.63. The molecule has 2 aromatic carbocycles. The Hall–Kier alpha value is -4.05. The van der Waals surface area contributed by atoms with E-state index in [0.29, 0.717) is 11.3 Å². The smallest absolute Gasteiger partial charge is 0.343 e. The van der Waals surface area contributed by atoms with Crippen LogP contribution >= 0.6 is 0 Å². The van der Waals surface area contributed by atoms with Crippen LogP contribution in [0.15, 0.2) is 65.3 Å². The zero-order valence-electron chi connectivity index (χ0n) is 14.3. The molecule has 7 heteroatoms. The minimum Gasteiger partial charge on any atom is -0.493 e. The number of nitriles is 1. The molecule has 0 saturated heterocycles. The number of anilines is 1. The van der Waals surface area contributed by atoms with Crippen LogP contribution in [-0.4, -0.2) is 19.0 Å². The number of hydrogen-bond donors (Lipinski definition) is 1. The normalized spacial score (nSPS) is 9.93. The largest absolute Gasteiger partial charge is 0.493 e. The molecular weight excluding hydrogens is 348 g/mol. The van der Waals surface area contributed by atoms with Gasteiger partial charge in [0.05, 0.1) is 30.6 Å². The Labute approximate surface area is 154 Å². The number of methoxy groups -OCH3 is 1. The van der Waals surface area contributed by atoms with Gasteiger partial charge in [0.2, 0.25) is 0 Å². The molecule has 27 heavy (non-hydrogen) atoms. The molecule has 0 aliphatic heterocycles. The van der Waals surface area contributed by atoms with Crippen LogP contribution in [0.4, 0.5) is 5.69 Å². The standard InChI is InChI=1S/C20H14N2O5/c1-25-18-10-13(12-21)7-8-16(18)27-20(24)14-4-2-5-15(11-14)22-19(23)17-6-3-9-26-17/h2-11H,1H3,(H,22,23). The summed E-state index contributed by atoms with van der Waals surface area (Å²) in [6.07, 6.45) is 1.40. The lowest BCUT2D eigenvalue weighted by Crippen LogP contribution is -2.13. The Balaban J connectivity index is 1.76. The number of hydrogen-bond acceptors (Lipinski definition) is 6. The summed E-state index contributed by atoms with van der Waals surface area (Å²) < 4.78 is 15.5. The van der Waals surface area contributed by atoms with Gasteiger partial charge in [0.25, 0.3) is 5.91 Å². The zero-order valence-corrected chi connectivity index (χ0v) is 14.3. The van der Waals surface area contributed by atoms with Gasteiger partial charge < -0.3 is 19.2 Å². The zero-order chi connectivity index (χ0) is 19.2. The number of carbonyl (C=O) groups excluding carboxylic acids is 2. The van der Waals surface area contributed by atoms with E-state index in [4.69, 9.17) is 19.2 Å². The lowest BCUT2D eigenvalue weighted by molar-refractivity contribution is 0.0729. The summed E-state index contributed by atoms with van der Waals surface area (Å²) in [5, 5.41) is 11.6. The van der Waals surface area contributed by atoms with Gasteiger partial charge >= 0.3 is 5.97 Å². The van der Waals surface area contributed by atoms with Crippen molar-refractivity contribution in [3.05, 3.63) is 77.7 Å². The van der Waals surface area contributed by atoms with E-state index in [1.54, 1.807) is 24.3 Å². The van der Waals surface area contributed by atoms with Crippen LogP contribution < -0.4 is 14.8 Å². The number of esters is 1. The molecule has 0 aliphatic rings. The highest BCUT2D eigenvalue weighted by Crippen LogP contribution is 2.28. The second-order valence-corrected chi connectivity index (χ2v) is 5.38. The molecule has 0 unspecified atom stereocenters. The Bertz CT molecular complexity index is 1020. The van der Waals surface area contributed by atoms with Gasteiger partial charge in [-0.15, -0.1) is 0 Å². The maximum absolute atomic E-state index is 12.4. The lowest BCUT2D eigenvalue weighted by Gasteiger charge is -2.10. The Morgan fingerprint density at radius 2 is 1.93 bits per heavy atom. The number of nitrogens with one attached hydrogen (secondary N) is 1. The summed E-state index contributed by atoms with van der Waals surface area (Å²) in [5.74, 6) is -0.451. The number of rotatable bonds is 5. The molecule has 0 atom stereocenters. The first-order valence-corrected chi connectivity index (χ1v) is 7.86. The molecule has 0 bridgehead atoms. The Morgan fingerprint density at radius 1 is 1.07 bits per heavy atom. The van der Waals surface area contributed by atoms with Crippen LogP contribution in [-0.2, 0) is 0 Å². The third-order valence-corrected chi connectivity index (χ3v) is 3.60. The molecule has 0 saturated carbocycles. The number of nitrogens with zero attached hydrogens (tertiary/aromatic N) is 1. The summed E-state index contributed by atoms with van der Waals surface area (Å²) in [5.41, 5.74) is 1.03. The van der Waals surface area contributed by atoms with Crippen molar-refractivity contribution in [2.24, 2.45) is 0 Å². The lowest BCUT2D eigenvalue weighted by atomic mass is 10.2. The third-order valence-electron chi connectivity index (χ3n) is 3.60. The van der Waals surface area contributed by atoms with E-state index in [0.717, 1.165) is 0 Å². The van der Waals surface area contributed by atoms with E-state index in [9.17, 15) is 9.59 Å². The first kappa shape index (κ1) is 17.8. The maximum atomic E-state index is 12.4. The van der Waals surface area contributed by atoms with Crippen LogP contribution in [0.1, 0.15) is 26.5 Å². The molecule has 134 valence electrons. The van der Waals surface area contributed by atoms with Crippen LogP contribution in [0.5, 0.6) is 11.5 Å². The summed E-state index contributed by atoms with van der Waals surface area (Å²) in [6, 6.07) is 15.9. The average Bonchev–Trinajstić information content (AvgIpc) is 3.23. The highest BCUT2D eigenvalue weighted by Gasteiger charge is 2.15. The van der Waals surface area contributed by atoms with Gasteiger partial charge in [-0.2, -0.15) is 5.26 Å². The van der Waals surface area contributed by atoms with Crippen molar-refractivity contribution in [1.29, 1.82) is 5.26 Å². The van der Waals surface area contributed by atoms with Gasteiger partial charge in [-0.3, -0.25) is 4.79 Å². The molecule has 0 spiro atoms. The molecule has 0 aliphatic carbocycles. The van der Waals surface area contributed by atoms with Gasteiger partial charge in [0, 0.05) is 11.8 Å². The van der Waals surface area contributed by atoms with E-state index in [-0.39, 0.29) is 22.8 Å². The van der Waals surface area contributed by atoms with Crippen LogP contribution in [0.3, 0.4) is 0 Å². The maximum Gasteiger partial charge on any atom is 0.343 e. The van der Waals surface area contributed by atoms with E-state index in [1.807, 2.05) is 6.07 Å². The molecule has 7 nitrogen and oxygen atoms in total. The summed E-state index contributed by atoms with van der Waals surface area (Å²) in [4.78, 5) is 24.5. The first-order valence-electron chi connectivity index (χ1n) is 7.86. The third kappa shape index (κ3) is 4.14.